The van der Waals surface area contributed by atoms with E-state index in [1.54, 1.807) is 12.1 Å². The molecule has 2 aromatic rings. The van der Waals surface area contributed by atoms with Crippen LogP contribution in [-0.2, 0) is 15.9 Å². The van der Waals surface area contributed by atoms with Crippen LogP contribution in [0.1, 0.15) is 12.5 Å². The van der Waals surface area contributed by atoms with Gasteiger partial charge in [-0.25, -0.2) is 4.79 Å². The van der Waals surface area contributed by atoms with Crippen molar-refractivity contribution >= 4 is 11.0 Å². The Balaban J connectivity index is 1.45. The zero-order valence-electron chi connectivity index (χ0n) is 16.2. The Bertz CT molecular complexity index is 968. The third-order valence-corrected chi connectivity index (χ3v) is 5.56. The van der Waals surface area contributed by atoms with Crippen molar-refractivity contribution in [1.29, 1.82) is 0 Å². The zero-order chi connectivity index (χ0) is 21.6. The first-order chi connectivity index (χ1) is 14.2. The first-order valence-corrected chi connectivity index (χ1v) is 9.57. The van der Waals surface area contributed by atoms with Crippen molar-refractivity contribution in [3.63, 3.8) is 0 Å². The lowest BCUT2D eigenvalue weighted by molar-refractivity contribution is -0.310. The number of fused-ring (bicyclic) bond motifs is 2. The largest absolute Gasteiger partial charge is 0.487 e. The van der Waals surface area contributed by atoms with Crippen LogP contribution in [0, 0.1) is 0 Å². The van der Waals surface area contributed by atoms with Gasteiger partial charge in [0, 0.05) is 23.9 Å². The Hall–Kier alpha value is -2.05. The number of ether oxygens (including phenoxy) is 3. The van der Waals surface area contributed by atoms with E-state index in [4.69, 9.17) is 18.6 Å². The van der Waals surface area contributed by atoms with Gasteiger partial charge in [0.2, 0.25) is 0 Å². The molecule has 0 spiro atoms. The Morgan fingerprint density at radius 2 is 1.93 bits per heavy atom. The fourth-order valence-corrected chi connectivity index (χ4v) is 3.70. The molecule has 5 N–H and O–H groups in total. The lowest BCUT2D eigenvalue weighted by atomic mass is 9.95. The second-order valence-corrected chi connectivity index (χ2v) is 7.93. The van der Waals surface area contributed by atoms with Gasteiger partial charge in [-0.2, -0.15) is 0 Å². The molecule has 2 aliphatic rings. The number of hydrogen-bond donors (Lipinski definition) is 5. The second kappa shape index (κ2) is 7.89. The van der Waals surface area contributed by atoms with E-state index >= 15 is 0 Å². The molecule has 1 saturated heterocycles. The van der Waals surface area contributed by atoms with Gasteiger partial charge < -0.3 is 44.2 Å². The van der Waals surface area contributed by atoms with Crippen LogP contribution in [0.4, 0.5) is 0 Å². The van der Waals surface area contributed by atoms with Crippen molar-refractivity contribution < 1.29 is 44.2 Å². The molecule has 1 fully saturated rings. The Morgan fingerprint density at radius 1 is 1.17 bits per heavy atom. The van der Waals surface area contributed by atoms with Crippen molar-refractivity contribution in [2.45, 2.75) is 55.8 Å². The summed E-state index contributed by atoms with van der Waals surface area (Å²) in [5.41, 5.74) is -0.782. The summed E-state index contributed by atoms with van der Waals surface area (Å²) in [6, 6.07) is 6.39. The monoisotopic (exact) mass is 424 g/mol. The predicted octanol–water partition coefficient (Wildman–Crippen LogP) is -1.34. The van der Waals surface area contributed by atoms with Gasteiger partial charge in [-0.1, -0.05) is 0 Å². The average Bonchev–Trinajstić information content (AvgIpc) is 3.13. The van der Waals surface area contributed by atoms with Gasteiger partial charge in [0.25, 0.3) is 0 Å². The van der Waals surface area contributed by atoms with E-state index in [9.17, 15) is 30.3 Å². The fourth-order valence-electron chi connectivity index (χ4n) is 3.70. The lowest BCUT2D eigenvalue weighted by Gasteiger charge is -2.40. The summed E-state index contributed by atoms with van der Waals surface area (Å²) in [5.74, 6) is 0.481. The van der Waals surface area contributed by atoms with Gasteiger partial charge in [-0.15, -0.1) is 0 Å². The molecular formula is C20H24O10. The highest BCUT2D eigenvalue weighted by Gasteiger charge is 2.46. The standard InChI is InChI=1S/C20H24O10/c1-20(26,8-27-19-18(25)17(24)16(23)13(7-21)30-19)14-5-10-4-9-2-3-15(22)29-11(9)6-12(10)28-14/h2-4,6,13-14,16-19,21,23-26H,5,7-8H2,1H3/t13-,14-,16-,17+,18-,19-,20?/m1/s1. The Morgan fingerprint density at radius 3 is 2.67 bits per heavy atom. The first-order valence-electron chi connectivity index (χ1n) is 9.57. The third-order valence-electron chi connectivity index (χ3n) is 5.56. The van der Waals surface area contributed by atoms with Gasteiger partial charge in [0.15, 0.2) is 6.29 Å². The summed E-state index contributed by atoms with van der Waals surface area (Å²) >= 11 is 0. The molecule has 164 valence electrons. The quantitative estimate of drug-likeness (QED) is 0.364. The smallest absolute Gasteiger partial charge is 0.336 e. The van der Waals surface area contributed by atoms with Crippen LogP contribution in [0.15, 0.2) is 33.5 Å². The maximum Gasteiger partial charge on any atom is 0.336 e. The van der Waals surface area contributed by atoms with Crippen molar-refractivity contribution in [2.75, 3.05) is 13.2 Å². The zero-order valence-corrected chi connectivity index (χ0v) is 16.2. The van der Waals surface area contributed by atoms with E-state index in [2.05, 4.69) is 0 Å². The molecule has 3 heterocycles. The van der Waals surface area contributed by atoms with Gasteiger partial charge in [-0.05, 0) is 24.6 Å². The third kappa shape index (κ3) is 3.83. The minimum Gasteiger partial charge on any atom is -0.487 e. The Labute approximate surface area is 170 Å². The maximum absolute atomic E-state index is 11.4. The summed E-state index contributed by atoms with van der Waals surface area (Å²) in [6.45, 7) is 0.599. The van der Waals surface area contributed by atoms with Crippen LogP contribution < -0.4 is 10.4 Å². The van der Waals surface area contributed by atoms with Crippen LogP contribution in [0.25, 0.3) is 11.0 Å². The van der Waals surface area contributed by atoms with E-state index < -0.39 is 54.6 Å². The van der Waals surface area contributed by atoms with Gasteiger partial charge in [0.05, 0.1) is 13.2 Å². The molecule has 1 unspecified atom stereocenters. The molecule has 1 aromatic carbocycles. The number of benzene rings is 1. The average molecular weight is 424 g/mol. The molecule has 10 nitrogen and oxygen atoms in total. The minimum absolute atomic E-state index is 0.317. The van der Waals surface area contributed by atoms with Gasteiger partial charge >= 0.3 is 5.63 Å². The lowest BCUT2D eigenvalue weighted by Crippen LogP contribution is -2.60. The number of aliphatic hydroxyl groups is 5. The van der Waals surface area contributed by atoms with Crippen molar-refractivity contribution in [2.24, 2.45) is 0 Å². The van der Waals surface area contributed by atoms with Gasteiger partial charge in [-0.3, -0.25) is 0 Å². The van der Waals surface area contributed by atoms with Crippen LogP contribution in [-0.4, -0.2) is 81.2 Å². The highest BCUT2D eigenvalue weighted by molar-refractivity contribution is 5.79. The van der Waals surface area contributed by atoms with Crippen molar-refractivity contribution in [1.82, 2.24) is 0 Å². The van der Waals surface area contributed by atoms with Crippen LogP contribution in [0.2, 0.25) is 0 Å². The highest BCUT2D eigenvalue weighted by atomic mass is 16.7. The highest BCUT2D eigenvalue weighted by Crippen LogP contribution is 2.36. The summed E-state index contributed by atoms with van der Waals surface area (Å²) in [4.78, 5) is 11.4. The molecule has 0 aliphatic carbocycles. The summed E-state index contributed by atoms with van der Waals surface area (Å²) in [6.07, 6.45) is -7.41. The molecular weight excluding hydrogens is 400 g/mol. The molecule has 7 atom stereocenters. The van der Waals surface area contributed by atoms with Crippen LogP contribution >= 0.6 is 0 Å². The van der Waals surface area contributed by atoms with E-state index in [1.807, 2.05) is 6.07 Å². The number of aliphatic hydroxyl groups excluding tert-OH is 4. The minimum atomic E-state index is -1.57. The van der Waals surface area contributed by atoms with E-state index in [0.29, 0.717) is 17.8 Å². The molecule has 0 radical (unpaired) electrons. The van der Waals surface area contributed by atoms with Crippen LogP contribution in [0.3, 0.4) is 0 Å². The fraction of sp³-hybridized carbons (Fsp3) is 0.550. The molecule has 0 bridgehead atoms. The van der Waals surface area contributed by atoms with E-state index in [-0.39, 0.29) is 6.61 Å². The molecule has 0 amide bonds. The summed E-state index contributed by atoms with van der Waals surface area (Å²) in [5, 5.41) is 50.6. The molecule has 2 aliphatic heterocycles. The SMILES string of the molecule is CC(O)(CO[C@@H]1O[C@H](CO)[C@@H](O)[C@H](O)[C@H]1O)[C@H]1Cc2cc3ccc(=O)oc3cc2O1. The Kier molecular flexibility index (Phi) is 5.58. The van der Waals surface area contributed by atoms with E-state index in [0.717, 1.165) is 10.9 Å². The van der Waals surface area contributed by atoms with Gasteiger partial charge in [0.1, 0.15) is 47.5 Å². The number of hydrogen-bond acceptors (Lipinski definition) is 10. The second-order valence-electron chi connectivity index (χ2n) is 7.93. The maximum atomic E-state index is 11.4. The number of rotatable bonds is 5. The van der Waals surface area contributed by atoms with Crippen LogP contribution in [0.5, 0.6) is 5.75 Å². The topological polar surface area (TPSA) is 159 Å². The normalized spacial score (nSPS) is 33.1. The first kappa shape index (κ1) is 21.2. The van der Waals surface area contributed by atoms with E-state index in [1.165, 1.54) is 13.0 Å². The molecule has 1 aromatic heterocycles. The summed E-state index contributed by atoms with van der Waals surface area (Å²) < 4.78 is 21.8. The summed E-state index contributed by atoms with van der Waals surface area (Å²) in [7, 11) is 0. The molecule has 30 heavy (non-hydrogen) atoms. The molecule has 4 rings (SSSR count). The predicted molar refractivity (Wildman–Crippen MR) is 101 cm³/mol. The molecule has 10 heteroatoms. The van der Waals surface area contributed by atoms with Crippen molar-refractivity contribution in [3.8, 4) is 5.75 Å². The molecule has 0 saturated carbocycles. The van der Waals surface area contributed by atoms with Crippen molar-refractivity contribution in [3.05, 3.63) is 40.2 Å².